The maximum atomic E-state index is 10.0. The molecule has 0 aliphatic rings. The van der Waals surface area contributed by atoms with Crippen molar-refractivity contribution in [2.75, 3.05) is 0 Å². The van der Waals surface area contributed by atoms with Crippen LogP contribution in [0.15, 0.2) is 0 Å². The zero-order valence-electron chi connectivity index (χ0n) is 8.10. The summed E-state index contributed by atoms with van der Waals surface area (Å²) in [6.07, 6.45) is 0.525. The Morgan fingerprint density at radius 2 is 1.64 bits per heavy atom. The molecule has 0 saturated heterocycles. The molecule has 3 nitrogen and oxygen atoms in total. The number of hydrogen-bond acceptors (Lipinski definition) is 2. The van der Waals surface area contributed by atoms with Crippen LogP contribution in [0.5, 0.6) is 0 Å². The SMILES string of the molecule is CC(C)(C)OC(N)=O.CCC. The first-order valence-corrected chi connectivity index (χ1v) is 3.82. The van der Waals surface area contributed by atoms with Gasteiger partial charge in [0, 0.05) is 0 Å². The van der Waals surface area contributed by atoms with Crippen LogP contribution in [0, 0.1) is 0 Å². The minimum absolute atomic E-state index is 0.453. The van der Waals surface area contributed by atoms with E-state index < -0.39 is 11.7 Å². The molecule has 0 aromatic heterocycles. The predicted molar refractivity (Wildman–Crippen MR) is 46.4 cm³/mol. The van der Waals surface area contributed by atoms with Gasteiger partial charge in [0.05, 0.1) is 0 Å². The van der Waals surface area contributed by atoms with Crippen molar-refractivity contribution >= 4 is 6.09 Å². The Hall–Kier alpha value is -0.730. The Labute approximate surface area is 68.9 Å². The molecule has 0 saturated carbocycles. The van der Waals surface area contributed by atoms with Crippen LogP contribution in [0.4, 0.5) is 4.79 Å². The zero-order chi connectivity index (χ0) is 9.49. The lowest BCUT2D eigenvalue weighted by Gasteiger charge is -2.16. The molecule has 0 spiro atoms. The first-order valence-electron chi connectivity index (χ1n) is 3.82. The van der Waals surface area contributed by atoms with Gasteiger partial charge in [0.2, 0.25) is 0 Å². The van der Waals surface area contributed by atoms with Gasteiger partial charge in [-0.1, -0.05) is 20.3 Å². The fourth-order valence-corrected chi connectivity index (χ4v) is 0.302. The Kier molecular flexibility index (Phi) is 7.05. The lowest BCUT2D eigenvalue weighted by molar-refractivity contribution is 0.0600. The number of amides is 1. The highest BCUT2D eigenvalue weighted by atomic mass is 16.6. The summed E-state index contributed by atoms with van der Waals surface area (Å²) in [5.41, 5.74) is 4.26. The molecule has 0 aliphatic heterocycles. The van der Waals surface area contributed by atoms with Crippen molar-refractivity contribution in [3.63, 3.8) is 0 Å². The third-order valence-electron chi connectivity index (χ3n) is 0.407. The Morgan fingerprint density at radius 3 is 1.64 bits per heavy atom. The molecular weight excluding hydrogens is 142 g/mol. The van der Waals surface area contributed by atoms with Crippen LogP contribution < -0.4 is 5.73 Å². The Morgan fingerprint density at radius 1 is 1.36 bits per heavy atom. The van der Waals surface area contributed by atoms with Gasteiger partial charge in [0.15, 0.2) is 0 Å². The molecule has 0 atom stereocenters. The highest BCUT2D eigenvalue weighted by Crippen LogP contribution is 2.04. The van der Waals surface area contributed by atoms with Crippen LogP contribution in [0.3, 0.4) is 0 Å². The lowest BCUT2D eigenvalue weighted by Crippen LogP contribution is -2.27. The third-order valence-corrected chi connectivity index (χ3v) is 0.407. The molecular formula is C8H19NO2. The van der Waals surface area contributed by atoms with Gasteiger partial charge in [-0.05, 0) is 20.8 Å². The first-order chi connectivity index (χ1) is 4.83. The molecule has 0 radical (unpaired) electrons. The standard InChI is InChI=1S/C5H11NO2.C3H8/c1-5(2,3)8-4(6)7;1-3-2/h1-3H3,(H2,6,7);3H2,1-2H3. The first kappa shape index (κ1) is 12.9. The van der Waals surface area contributed by atoms with Crippen molar-refractivity contribution in [2.45, 2.75) is 46.6 Å². The van der Waals surface area contributed by atoms with Gasteiger partial charge in [0.1, 0.15) is 5.60 Å². The molecule has 2 N–H and O–H groups in total. The summed E-state index contributed by atoms with van der Waals surface area (Å²) in [7, 11) is 0. The summed E-state index contributed by atoms with van der Waals surface area (Å²) in [6.45, 7) is 9.54. The molecule has 68 valence electrons. The average Bonchev–Trinajstić information content (AvgIpc) is 1.57. The van der Waals surface area contributed by atoms with Gasteiger partial charge >= 0.3 is 6.09 Å². The van der Waals surface area contributed by atoms with Crippen LogP contribution in [-0.2, 0) is 4.74 Å². The topological polar surface area (TPSA) is 52.3 Å². The summed E-state index contributed by atoms with van der Waals surface area (Å²) in [6, 6.07) is 0. The highest BCUT2D eigenvalue weighted by Gasteiger charge is 2.12. The molecule has 11 heavy (non-hydrogen) atoms. The molecule has 0 aliphatic carbocycles. The number of carbonyl (C=O) groups is 1. The summed E-state index contributed by atoms with van der Waals surface area (Å²) in [4.78, 5) is 10.0. The summed E-state index contributed by atoms with van der Waals surface area (Å²) in [5.74, 6) is 0. The van der Waals surface area contributed by atoms with E-state index in [-0.39, 0.29) is 0 Å². The predicted octanol–water partition coefficient (Wildman–Crippen LogP) is 2.30. The molecule has 3 heteroatoms. The maximum absolute atomic E-state index is 10.0. The van der Waals surface area contributed by atoms with Gasteiger partial charge in [-0.2, -0.15) is 0 Å². The molecule has 0 bridgehead atoms. The number of nitrogens with two attached hydrogens (primary N) is 1. The van der Waals surface area contributed by atoms with E-state index in [1.165, 1.54) is 6.42 Å². The second kappa shape index (κ2) is 6.01. The molecule has 0 fully saturated rings. The minimum Gasteiger partial charge on any atom is -0.444 e. The van der Waals surface area contributed by atoms with E-state index in [1.54, 1.807) is 20.8 Å². The summed E-state index contributed by atoms with van der Waals surface area (Å²) in [5, 5.41) is 0. The number of primary amides is 1. The molecule has 1 amide bonds. The van der Waals surface area contributed by atoms with E-state index in [0.29, 0.717) is 0 Å². The number of ether oxygens (including phenoxy) is 1. The largest absolute Gasteiger partial charge is 0.444 e. The second-order valence-electron chi connectivity index (χ2n) is 3.24. The zero-order valence-corrected chi connectivity index (χ0v) is 8.10. The number of carbonyl (C=O) groups excluding carboxylic acids is 1. The normalized spacial score (nSPS) is 9.55. The Bertz CT molecular complexity index is 105. The summed E-state index contributed by atoms with van der Waals surface area (Å²) < 4.78 is 4.58. The number of hydrogen-bond donors (Lipinski definition) is 1. The summed E-state index contributed by atoms with van der Waals surface area (Å²) >= 11 is 0. The number of rotatable bonds is 0. The van der Waals surface area contributed by atoms with E-state index >= 15 is 0 Å². The highest BCUT2D eigenvalue weighted by molar-refractivity contribution is 5.65. The van der Waals surface area contributed by atoms with Gasteiger partial charge in [0.25, 0.3) is 0 Å². The van der Waals surface area contributed by atoms with Crippen molar-refractivity contribution in [2.24, 2.45) is 5.73 Å². The molecule has 0 aromatic carbocycles. The lowest BCUT2D eigenvalue weighted by atomic mass is 10.2. The van der Waals surface area contributed by atoms with Crippen LogP contribution in [0.25, 0.3) is 0 Å². The van der Waals surface area contributed by atoms with E-state index in [9.17, 15) is 4.79 Å². The Balaban J connectivity index is 0. The van der Waals surface area contributed by atoms with Crippen molar-refractivity contribution in [1.82, 2.24) is 0 Å². The van der Waals surface area contributed by atoms with Crippen molar-refractivity contribution in [1.29, 1.82) is 0 Å². The van der Waals surface area contributed by atoms with E-state index in [2.05, 4.69) is 18.6 Å². The molecule has 0 aromatic rings. The van der Waals surface area contributed by atoms with E-state index in [1.807, 2.05) is 0 Å². The monoisotopic (exact) mass is 161 g/mol. The van der Waals surface area contributed by atoms with Crippen LogP contribution in [0.1, 0.15) is 41.0 Å². The third kappa shape index (κ3) is 26.9. The van der Waals surface area contributed by atoms with E-state index in [0.717, 1.165) is 0 Å². The van der Waals surface area contributed by atoms with Gasteiger partial charge in [-0.15, -0.1) is 0 Å². The van der Waals surface area contributed by atoms with Crippen molar-refractivity contribution in [3.8, 4) is 0 Å². The van der Waals surface area contributed by atoms with Gasteiger partial charge in [-0.3, -0.25) is 0 Å². The maximum Gasteiger partial charge on any atom is 0.405 e. The molecule has 0 unspecified atom stereocenters. The smallest absolute Gasteiger partial charge is 0.405 e. The van der Waals surface area contributed by atoms with Crippen LogP contribution >= 0.6 is 0 Å². The quantitative estimate of drug-likeness (QED) is 0.592. The van der Waals surface area contributed by atoms with Crippen LogP contribution in [-0.4, -0.2) is 11.7 Å². The average molecular weight is 161 g/mol. The minimum atomic E-state index is -0.725. The van der Waals surface area contributed by atoms with Crippen LogP contribution in [0.2, 0.25) is 0 Å². The van der Waals surface area contributed by atoms with Gasteiger partial charge in [-0.25, -0.2) is 4.79 Å². The van der Waals surface area contributed by atoms with Crippen molar-refractivity contribution in [3.05, 3.63) is 0 Å². The van der Waals surface area contributed by atoms with Gasteiger partial charge < -0.3 is 10.5 Å². The molecule has 0 heterocycles. The second-order valence-corrected chi connectivity index (χ2v) is 3.24. The van der Waals surface area contributed by atoms with E-state index in [4.69, 9.17) is 5.73 Å². The fourth-order valence-electron chi connectivity index (χ4n) is 0.302. The fraction of sp³-hybridized carbons (Fsp3) is 0.875. The van der Waals surface area contributed by atoms with Crippen molar-refractivity contribution < 1.29 is 9.53 Å². The molecule has 0 rings (SSSR count).